The second-order valence-electron chi connectivity index (χ2n) is 11.3. The van der Waals surface area contributed by atoms with Crippen molar-refractivity contribution >= 4 is 39.1 Å². The van der Waals surface area contributed by atoms with Gasteiger partial charge in [-0.05, 0) is 72.1 Å². The van der Waals surface area contributed by atoms with Crippen LogP contribution in [0.15, 0.2) is 144 Å². The van der Waals surface area contributed by atoms with E-state index in [1.807, 2.05) is 67.6 Å². The Bertz CT molecular complexity index is 1930. The molecule has 5 aromatic carbocycles. The lowest BCUT2D eigenvalue weighted by atomic mass is 10.0. The van der Waals surface area contributed by atoms with Gasteiger partial charge in [0.05, 0.1) is 10.6 Å². The average molecular weight is 696 g/mol. The summed E-state index contributed by atoms with van der Waals surface area (Å²) in [5.41, 5.74) is 1.72. The van der Waals surface area contributed by atoms with E-state index in [4.69, 9.17) is 16.3 Å². The molecule has 0 aromatic heterocycles. The smallest absolute Gasteiger partial charge is 0.264 e. The van der Waals surface area contributed by atoms with E-state index in [1.54, 1.807) is 66.7 Å². The van der Waals surface area contributed by atoms with E-state index in [0.29, 0.717) is 35.1 Å². The summed E-state index contributed by atoms with van der Waals surface area (Å²) in [7, 11) is -4.24. The summed E-state index contributed by atoms with van der Waals surface area (Å²) in [6.45, 7) is 1.78. The summed E-state index contributed by atoms with van der Waals surface area (Å²) in [5.74, 6) is 0.206. The first-order chi connectivity index (χ1) is 23.8. The Morgan fingerprint density at radius 1 is 0.755 bits per heavy atom. The molecule has 252 valence electrons. The number of benzene rings is 5. The second-order valence-corrected chi connectivity index (χ2v) is 13.6. The predicted octanol–water partition coefficient (Wildman–Crippen LogP) is 7.49. The monoisotopic (exact) mass is 695 g/mol. The maximum atomic E-state index is 14.6. The normalized spacial score (nSPS) is 11.7. The van der Waals surface area contributed by atoms with Crippen molar-refractivity contribution in [3.63, 3.8) is 0 Å². The van der Waals surface area contributed by atoms with Crippen molar-refractivity contribution < 1.29 is 22.7 Å². The molecule has 5 aromatic rings. The van der Waals surface area contributed by atoms with Gasteiger partial charge in [-0.2, -0.15) is 0 Å². The minimum absolute atomic E-state index is 0.0152. The highest BCUT2D eigenvalue weighted by molar-refractivity contribution is 7.92. The van der Waals surface area contributed by atoms with Gasteiger partial charge in [0.2, 0.25) is 11.8 Å². The fourth-order valence-electron chi connectivity index (χ4n) is 5.28. The van der Waals surface area contributed by atoms with Gasteiger partial charge in [0.1, 0.15) is 24.1 Å². The van der Waals surface area contributed by atoms with Crippen LogP contribution in [0.25, 0.3) is 0 Å². The van der Waals surface area contributed by atoms with Crippen LogP contribution in [0.2, 0.25) is 5.02 Å². The Kier molecular flexibility index (Phi) is 12.1. The van der Waals surface area contributed by atoms with E-state index in [9.17, 15) is 18.0 Å². The summed E-state index contributed by atoms with van der Waals surface area (Å²) in [4.78, 5) is 29.9. The molecular weight excluding hydrogens is 658 g/mol. The summed E-state index contributed by atoms with van der Waals surface area (Å²) >= 11 is 6.57. The maximum absolute atomic E-state index is 14.6. The van der Waals surface area contributed by atoms with Crippen LogP contribution in [-0.2, 0) is 32.6 Å². The Balaban J connectivity index is 1.55. The number of hydrogen-bond acceptors (Lipinski definition) is 5. The minimum Gasteiger partial charge on any atom is -0.457 e. The van der Waals surface area contributed by atoms with Crippen LogP contribution in [0.1, 0.15) is 24.5 Å². The first-order valence-electron chi connectivity index (χ1n) is 16.0. The highest BCUT2D eigenvalue weighted by atomic mass is 35.5. The average Bonchev–Trinajstić information content (AvgIpc) is 3.13. The maximum Gasteiger partial charge on any atom is 0.264 e. The van der Waals surface area contributed by atoms with Crippen LogP contribution in [-0.4, -0.2) is 44.3 Å². The van der Waals surface area contributed by atoms with Crippen LogP contribution < -0.4 is 14.4 Å². The van der Waals surface area contributed by atoms with Gasteiger partial charge in [-0.25, -0.2) is 8.42 Å². The number of halogens is 1. The first kappa shape index (κ1) is 35.2. The van der Waals surface area contributed by atoms with Crippen LogP contribution >= 0.6 is 11.6 Å². The van der Waals surface area contributed by atoms with Crippen molar-refractivity contribution in [2.24, 2.45) is 0 Å². The molecule has 0 aliphatic carbocycles. The predicted molar refractivity (Wildman–Crippen MR) is 193 cm³/mol. The van der Waals surface area contributed by atoms with Crippen molar-refractivity contribution in [1.82, 2.24) is 10.2 Å². The Labute approximate surface area is 293 Å². The quantitative estimate of drug-likeness (QED) is 0.122. The molecule has 0 heterocycles. The van der Waals surface area contributed by atoms with Crippen LogP contribution in [0, 0.1) is 0 Å². The highest BCUT2D eigenvalue weighted by Gasteiger charge is 2.34. The summed E-state index contributed by atoms with van der Waals surface area (Å²) in [6, 6.07) is 39.2. The van der Waals surface area contributed by atoms with Crippen molar-refractivity contribution in [2.75, 3.05) is 17.4 Å². The number of carbonyl (C=O) groups is 2. The fraction of sp³-hybridized carbons (Fsp3) is 0.179. The molecule has 0 spiro atoms. The van der Waals surface area contributed by atoms with E-state index in [0.717, 1.165) is 9.87 Å². The molecular formula is C39H38ClN3O5S. The van der Waals surface area contributed by atoms with Crippen LogP contribution in [0.4, 0.5) is 5.69 Å². The Morgan fingerprint density at radius 2 is 1.33 bits per heavy atom. The first-order valence-corrected chi connectivity index (χ1v) is 17.8. The molecule has 1 N–H and O–H groups in total. The zero-order valence-electron chi connectivity index (χ0n) is 27.1. The number of ether oxygens (including phenoxy) is 1. The Hall–Kier alpha value is -5.12. The largest absolute Gasteiger partial charge is 0.457 e. The number of carbonyl (C=O) groups excluding carboxylic acids is 2. The van der Waals surface area contributed by atoms with Crippen molar-refractivity contribution in [3.05, 3.63) is 156 Å². The third-order valence-electron chi connectivity index (χ3n) is 7.83. The molecule has 5 rings (SSSR count). The second kappa shape index (κ2) is 16.8. The third-order valence-corrected chi connectivity index (χ3v) is 9.99. The van der Waals surface area contributed by atoms with Crippen LogP contribution in [0.5, 0.6) is 11.5 Å². The number of amides is 2. The number of rotatable bonds is 15. The SMILES string of the molecule is CCCNC(=O)C(Cc1ccccc1)N(Cc1ccccc1Cl)C(=O)CN(c1ccc(Oc2ccccc2)cc1)S(=O)(=O)c1ccccc1. The lowest BCUT2D eigenvalue weighted by molar-refractivity contribution is -0.140. The van der Waals surface area contributed by atoms with E-state index in [1.165, 1.54) is 17.0 Å². The molecule has 10 heteroatoms. The van der Waals surface area contributed by atoms with Crippen LogP contribution in [0.3, 0.4) is 0 Å². The summed E-state index contributed by atoms with van der Waals surface area (Å²) in [5, 5.41) is 3.37. The number of anilines is 1. The molecule has 0 saturated carbocycles. The fourth-order valence-corrected chi connectivity index (χ4v) is 6.91. The molecule has 0 aliphatic rings. The lowest BCUT2D eigenvalue weighted by Gasteiger charge is -2.34. The number of para-hydroxylation sites is 1. The molecule has 2 amide bonds. The van der Waals surface area contributed by atoms with Gasteiger partial charge in [-0.15, -0.1) is 0 Å². The topological polar surface area (TPSA) is 96.0 Å². The van der Waals surface area contributed by atoms with E-state index in [-0.39, 0.29) is 29.5 Å². The molecule has 0 radical (unpaired) electrons. The van der Waals surface area contributed by atoms with E-state index < -0.39 is 28.5 Å². The number of nitrogens with one attached hydrogen (secondary N) is 1. The van der Waals surface area contributed by atoms with Gasteiger partial charge in [-0.1, -0.05) is 103 Å². The molecule has 0 fully saturated rings. The van der Waals surface area contributed by atoms with E-state index >= 15 is 0 Å². The molecule has 0 bridgehead atoms. The van der Waals surface area contributed by atoms with Gasteiger partial charge in [-0.3, -0.25) is 13.9 Å². The Morgan fingerprint density at radius 3 is 1.96 bits per heavy atom. The van der Waals surface area contributed by atoms with Gasteiger partial charge < -0.3 is 15.0 Å². The molecule has 0 saturated heterocycles. The lowest BCUT2D eigenvalue weighted by Crippen LogP contribution is -2.53. The molecule has 49 heavy (non-hydrogen) atoms. The highest BCUT2D eigenvalue weighted by Crippen LogP contribution is 2.29. The minimum atomic E-state index is -4.24. The number of sulfonamides is 1. The standard InChI is InChI=1S/C39H38ClN3O5S/c1-2-26-41-39(45)37(27-30-14-6-3-7-15-30)42(28-31-16-12-13-21-36(31)40)38(44)29-43(49(46,47)35-19-10-5-11-20-35)32-22-24-34(25-23-32)48-33-17-8-4-9-18-33/h3-25,37H,2,26-29H2,1H3,(H,41,45). The van der Waals surface area contributed by atoms with Gasteiger partial charge in [0.25, 0.3) is 10.0 Å². The molecule has 8 nitrogen and oxygen atoms in total. The molecule has 1 unspecified atom stereocenters. The van der Waals surface area contributed by atoms with E-state index in [2.05, 4.69) is 5.32 Å². The number of nitrogens with zero attached hydrogens (tertiary/aromatic N) is 2. The zero-order valence-corrected chi connectivity index (χ0v) is 28.7. The van der Waals surface area contributed by atoms with Crippen molar-refractivity contribution in [2.45, 2.75) is 37.2 Å². The third kappa shape index (κ3) is 9.28. The van der Waals surface area contributed by atoms with Gasteiger partial charge in [0, 0.05) is 24.5 Å². The molecule has 0 aliphatic heterocycles. The number of hydrogen-bond donors (Lipinski definition) is 1. The zero-order chi connectivity index (χ0) is 34.6. The van der Waals surface area contributed by atoms with Crippen molar-refractivity contribution in [3.8, 4) is 11.5 Å². The van der Waals surface area contributed by atoms with Gasteiger partial charge >= 0.3 is 0 Å². The summed E-state index contributed by atoms with van der Waals surface area (Å²) < 4.78 is 35.5. The summed E-state index contributed by atoms with van der Waals surface area (Å²) in [6.07, 6.45) is 0.916. The van der Waals surface area contributed by atoms with Crippen molar-refractivity contribution in [1.29, 1.82) is 0 Å². The van der Waals surface area contributed by atoms with Gasteiger partial charge in [0.15, 0.2) is 0 Å². The molecule has 1 atom stereocenters.